The lowest BCUT2D eigenvalue weighted by Crippen LogP contribution is -2.38. The van der Waals surface area contributed by atoms with Gasteiger partial charge in [0.15, 0.2) is 0 Å². The van der Waals surface area contributed by atoms with Crippen LogP contribution in [-0.4, -0.2) is 25.2 Å². The van der Waals surface area contributed by atoms with Gasteiger partial charge in [0.25, 0.3) is 0 Å². The number of nitrogens with zero attached hydrogens (tertiary/aromatic N) is 1. The van der Waals surface area contributed by atoms with Crippen LogP contribution < -0.4 is 5.59 Å². The zero-order valence-corrected chi connectivity index (χ0v) is 7.29. The molecule has 0 bridgehead atoms. The molecule has 0 aromatic rings. The molecule has 0 aliphatic carbocycles. The molecule has 1 N–H and O–H groups in total. The molecule has 68 valence electrons. The minimum absolute atomic E-state index is 0.528. The maximum absolute atomic E-state index is 4.96. The molecular weight excluding hydrogens is 148 g/mol. The van der Waals surface area contributed by atoms with E-state index >= 15 is 0 Å². The predicted octanol–water partition coefficient (Wildman–Crippen LogP) is 0.647. The van der Waals surface area contributed by atoms with E-state index < -0.39 is 0 Å². The maximum atomic E-state index is 4.96. The second kappa shape index (κ2) is 7.90. The minimum Gasteiger partial charge on any atom is -0.283 e. The van der Waals surface area contributed by atoms with Gasteiger partial charge in [0.1, 0.15) is 0 Å². The van der Waals surface area contributed by atoms with E-state index in [4.69, 9.17) is 14.5 Å². The van der Waals surface area contributed by atoms with Crippen molar-refractivity contribution in [3.05, 3.63) is 0 Å². The van der Waals surface area contributed by atoms with Crippen molar-refractivity contribution in [1.29, 1.82) is 0 Å². The number of hydrogen-bond acceptors (Lipinski definition) is 5. The highest BCUT2D eigenvalue weighted by Gasteiger charge is 2.01. The molecule has 0 heterocycles. The van der Waals surface area contributed by atoms with Crippen molar-refractivity contribution in [3.8, 4) is 0 Å². The van der Waals surface area contributed by atoms with E-state index in [1.165, 1.54) is 0 Å². The summed E-state index contributed by atoms with van der Waals surface area (Å²) in [5.41, 5.74) is 2.46. The fourth-order valence-corrected chi connectivity index (χ4v) is 0.442. The van der Waals surface area contributed by atoms with Gasteiger partial charge in [-0.1, -0.05) is 5.59 Å². The third-order valence-corrected chi connectivity index (χ3v) is 0.776. The van der Waals surface area contributed by atoms with Gasteiger partial charge in [-0.3, -0.25) is 14.5 Å². The van der Waals surface area contributed by atoms with Crippen molar-refractivity contribution in [2.24, 2.45) is 0 Å². The first kappa shape index (κ1) is 10.8. The summed E-state index contributed by atoms with van der Waals surface area (Å²) in [6.07, 6.45) is 0. The summed E-state index contributed by atoms with van der Waals surface area (Å²) in [6, 6.07) is 0. The van der Waals surface area contributed by atoms with E-state index in [-0.39, 0.29) is 0 Å². The molecule has 0 aromatic heterocycles. The molecule has 0 aliphatic heterocycles. The summed E-state index contributed by atoms with van der Waals surface area (Å²) < 4.78 is 0. The van der Waals surface area contributed by atoms with Crippen LogP contribution in [0, 0.1) is 0 Å². The van der Waals surface area contributed by atoms with Crippen LogP contribution in [0.1, 0.15) is 20.8 Å². The highest BCUT2D eigenvalue weighted by molar-refractivity contribution is 4.06. The smallest absolute Gasteiger partial charge is 0.0699 e. The molecule has 11 heavy (non-hydrogen) atoms. The summed E-state index contributed by atoms with van der Waals surface area (Å²) in [4.78, 5) is 14.7. The lowest BCUT2D eigenvalue weighted by Gasteiger charge is -2.18. The SMILES string of the molecule is CCONN(OCC)OCC. The highest BCUT2D eigenvalue weighted by atomic mass is 17.0. The van der Waals surface area contributed by atoms with Crippen LogP contribution in [0.5, 0.6) is 0 Å². The molecule has 0 saturated heterocycles. The molecule has 5 nitrogen and oxygen atoms in total. The molecule has 0 spiro atoms. The van der Waals surface area contributed by atoms with Crippen molar-refractivity contribution < 1.29 is 14.5 Å². The zero-order valence-electron chi connectivity index (χ0n) is 7.29. The van der Waals surface area contributed by atoms with Gasteiger partial charge in [0, 0.05) is 5.34 Å². The Balaban J connectivity index is 3.34. The van der Waals surface area contributed by atoms with Crippen LogP contribution >= 0.6 is 0 Å². The normalized spacial score (nSPS) is 10.9. The molecule has 0 unspecified atom stereocenters. The summed E-state index contributed by atoms with van der Waals surface area (Å²) in [5.74, 6) is 0. The summed E-state index contributed by atoms with van der Waals surface area (Å²) >= 11 is 0. The average Bonchev–Trinajstić information content (AvgIpc) is 2.01. The fraction of sp³-hybridized carbons (Fsp3) is 1.00. The van der Waals surface area contributed by atoms with Crippen LogP contribution in [0.2, 0.25) is 0 Å². The number of hydrogen-bond donors (Lipinski definition) is 1. The van der Waals surface area contributed by atoms with E-state index in [2.05, 4.69) is 5.59 Å². The molecule has 0 atom stereocenters. The lowest BCUT2D eigenvalue weighted by atomic mass is 10.9. The minimum atomic E-state index is 0.528. The molecule has 0 rings (SSSR count). The Kier molecular flexibility index (Phi) is 7.76. The Labute approximate surface area is 67.0 Å². The summed E-state index contributed by atoms with van der Waals surface area (Å²) in [5, 5.41) is 1.10. The first-order valence-electron chi connectivity index (χ1n) is 3.78. The Morgan fingerprint density at radius 1 is 1.00 bits per heavy atom. The first-order chi connectivity index (χ1) is 5.35. The standard InChI is InChI=1S/C6H16N2O3/c1-4-9-7-8(10-5-2)11-6-3/h7H,4-6H2,1-3H3. The molecule has 0 fully saturated rings. The summed E-state index contributed by atoms with van der Waals surface area (Å²) in [7, 11) is 0. The second-order valence-electron chi connectivity index (χ2n) is 1.62. The largest absolute Gasteiger partial charge is 0.283 e. The van der Waals surface area contributed by atoms with Crippen molar-refractivity contribution in [2.75, 3.05) is 19.8 Å². The van der Waals surface area contributed by atoms with E-state index in [9.17, 15) is 0 Å². The molecule has 0 saturated carbocycles. The number of nitrogens with one attached hydrogen (secondary N) is 1. The van der Waals surface area contributed by atoms with Crippen molar-refractivity contribution >= 4 is 0 Å². The second-order valence-corrected chi connectivity index (χ2v) is 1.62. The van der Waals surface area contributed by atoms with Crippen LogP contribution in [-0.2, 0) is 14.5 Å². The van der Waals surface area contributed by atoms with E-state index in [1.54, 1.807) is 0 Å². The molecule has 0 radical (unpaired) electrons. The van der Waals surface area contributed by atoms with Gasteiger partial charge in [-0.25, -0.2) is 0 Å². The van der Waals surface area contributed by atoms with Gasteiger partial charge in [0.2, 0.25) is 0 Å². The van der Waals surface area contributed by atoms with Crippen molar-refractivity contribution in [3.63, 3.8) is 0 Å². The molecule has 0 aliphatic rings. The van der Waals surface area contributed by atoms with Crippen LogP contribution in [0.4, 0.5) is 0 Å². The molecule has 5 heteroatoms. The quantitative estimate of drug-likeness (QED) is 0.559. The van der Waals surface area contributed by atoms with Crippen molar-refractivity contribution in [1.82, 2.24) is 10.9 Å². The highest BCUT2D eigenvalue weighted by Crippen LogP contribution is 1.86. The van der Waals surface area contributed by atoms with Gasteiger partial charge < -0.3 is 0 Å². The van der Waals surface area contributed by atoms with E-state index in [0.29, 0.717) is 19.8 Å². The average molecular weight is 164 g/mol. The first-order valence-corrected chi connectivity index (χ1v) is 3.78. The van der Waals surface area contributed by atoms with Crippen LogP contribution in [0.15, 0.2) is 0 Å². The molecular formula is C6H16N2O3. The third-order valence-electron chi connectivity index (χ3n) is 0.776. The Morgan fingerprint density at radius 2 is 1.55 bits per heavy atom. The van der Waals surface area contributed by atoms with E-state index in [1.807, 2.05) is 20.8 Å². The Hall–Kier alpha value is -0.200. The summed E-state index contributed by atoms with van der Waals surface area (Å²) in [6.45, 7) is 7.19. The zero-order chi connectivity index (χ0) is 8.53. The fourth-order valence-electron chi connectivity index (χ4n) is 0.442. The van der Waals surface area contributed by atoms with E-state index in [0.717, 1.165) is 5.34 Å². The van der Waals surface area contributed by atoms with Crippen LogP contribution in [0.3, 0.4) is 0 Å². The van der Waals surface area contributed by atoms with Gasteiger partial charge in [-0.05, 0) is 20.8 Å². The monoisotopic (exact) mass is 164 g/mol. The van der Waals surface area contributed by atoms with Crippen molar-refractivity contribution in [2.45, 2.75) is 20.8 Å². The number of rotatable bonds is 7. The lowest BCUT2D eigenvalue weighted by molar-refractivity contribution is -0.436. The van der Waals surface area contributed by atoms with Crippen LogP contribution in [0.25, 0.3) is 0 Å². The van der Waals surface area contributed by atoms with Gasteiger partial charge in [0.05, 0.1) is 19.8 Å². The Bertz CT molecular complexity index is 76.2. The molecule has 0 amide bonds. The van der Waals surface area contributed by atoms with Gasteiger partial charge in [-0.2, -0.15) is 0 Å². The third kappa shape index (κ3) is 6.21. The molecule has 0 aromatic carbocycles. The Morgan fingerprint density at radius 3 is 1.91 bits per heavy atom. The van der Waals surface area contributed by atoms with Gasteiger partial charge in [-0.15, -0.1) is 0 Å². The van der Waals surface area contributed by atoms with Gasteiger partial charge >= 0.3 is 0 Å². The topological polar surface area (TPSA) is 43.0 Å². The number of hydrazine groups is 1. The maximum Gasteiger partial charge on any atom is 0.0699 e. The predicted molar refractivity (Wildman–Crippen MR) is 39.9 cm³/mol.